The van der Waals surface area contributed by atoms with Gasteiger partial charge in [-0.15, -0.1) is 11.3 Å². The fraction of sp³-hybridized carbons (Fsp3) is 0.0189. The van der Waals surface area contributed by atoms with Crippen LogP contribution in [0.2, 0.25) is 0 Å². The Labute approximate surface area is 328 Å². The highest BCUT2D eigenvalue weighted by molar-refractivity contribution is 7.26. The highest BCUT2D eigenvalue weighted by Crippen LogP contribution is 2.52. The molecule has 3 heteroatoms. The van der Waals surface area contributed by atoms with Gasteiger partial charge in [-0.1, -0.05) is 115 Å². The van der Waals surface area contributed by atoms with E-state index in [4.69, 9.17) is 4.42 Å². The zero-order valence-electron chi connectivity index (χ0n) is 30.3. The van der Waals surface area contributed by atoms with Gasteiger partial charge in [0.05, 0.1) is 0 Å². The molecule has 1 aliphatic rings. The highest BCUT2D eigenvalue weighted by atomic mass is 32.1. The molecule has 1 aliphatic carbocycles. The summed E-state index contributed by atoms with van der Waals surface area (Å²) in [7, 11) is 0. The van der Waals surface area contributed by atoms with Gasteiger partial charge in [-0.3, -0.25) is 0 Å². The number of para-hydroxylation sites is 2. The standard InChI is InChI=1S/C53H33NOS/c1-2-14-37(15-3-1)54(39-26-27-42-41-17-8-10-20-49(41)55-50(42)32-39)38-24-22-33(23-25-38)45-30-36(31-48-43-18-9-11-21-51(43)56-53(45)48)52-44-19-7-6-16-40(44)46-28-34-12-4-5-13-35(34)29-47(46)52/h1-32,52H. The summed E-state index contributed by atoms with van der Waals surface area (Å²) in [5, 5.41) is 7.46. The number of thiophene rings is 1. The van der Waals surface area contributed by atoms with Gasteiger partial charge in [0, 0.05) is 60.0 Å². The van der Waals surface area contributed by atoms with Crippen LogP contribution in [0.15, 0.2) is 199 Å². The van der Waals surface area contributed by atoms with Gasteiger partial charge in [0.25, 0.3) is 0 Å². The molecule has 2 heterocycles. The lowest BCUT2D eigenvalue weighted by molar-refractivity contribution is 0.669. The second-order valence-corrected chi connectivity index (χ2v) is 15.9. The van der Waals surface area contributed by atoms with E-state index in [-0.39, 0.29) is 5.92 Å². The van der Waals surface area contributed by atoms with Crippen molar-refractivity contribution in [3.63, 3.8) is 0 Å². The molecule has 12 rings (SSSR count). The molecule has 2 aromatic heterocycles. The maximum Gasteiger partial charge on any atom is 0.137 e. The highest BCUT2D eigenvalue weighted by Gasteiger charge is 2.31. The minimum Gasteiger partial charge on any atom is -0.456 e. The van der Waals surface area contributed by atoms with Crippen molar-refractivity contribution in [2.45, 2.75) is 5.92 Å². The van der Waals surface area contributed by atoms with E-state index in [1.807, 2.05) is 23.5 Å². The number of hydrogen-bond donors (Lipinski definition) is 0. The van der Waals surface area contributed by atoms with Gasteiger partial charge >= 0.3 is 0 Å². The summed E-state index contributed by atoms with van der Waals surface area (Å²) in [6, 6.07) is 71.0. The molecular weight excluding hydrogens is 699 g/mol. The number of anilines is 3. The van der Waals surface area contributed by atoms with Crippen molar-refractivity contribution in [3.05, 3.63) is 211 Å². The van der Waals surface area contributed by atoms with Crippen LogP contribution in [0.5, 0.6) is 0 Å². The number of benzene rings is 9. The predicted octanol–water partition coefficient (Wildman–Crippen LogP) is 15.4. The molecule has 1 unspecified atom stereocenters. The lowest BCUT2D eigenvalue weighted by Crippen LogP contribution is -2.09. The van der Waals surface area contributed by atoms with Gasteiger partial charge in [-0.25, -0.2) is 0 Å². The molecule has 0 bridgehead atoms. The fourth-order valence-corrected chi connectivity index (χ4v) is 10.4. The van der Waals surface area contributed by atoms with Crippen molar-refractivity contribution < 1.29 is 4.42 Å². The largest absolute Gasteiger partial charge is 0.456 e. The van der Waals surface area contributed by atoms with Gasteiger partial charge < -0.3 is 9.32 Å². The number of rotatable bonds is 5. The summed E-state index contributed by atoms with van der Waals surface area (Å²) in [4.78, 5) is 2.32. The van der Waals surface area contributed by atoms with Crippen LogP contribution in [-0.4, -0.2) is 0 Å². The molecular formula is C53H33NOS. The summed E-state index contributed by atoms with van der Waals surface area (Å²) < 4.78 is 8.98. The minimum atomic E-state index is 0.133. The molecule has 0 amide bonds. The van der Waals surface area contributed by atoms with Gasteiger partial charge in [-0.2, -0.15) is 0 Å². The first kappa shape index (κ1) is 31.4. The van der Waals surface area contributed by atoms with Gasteiger partial charge in [0.1, 0.15) is 11.2 Å². The van der Waals surface area contributed by atoms with Crippen molar-refractivity contribution in [2.75, 3.05) is 4.90 Å². The number of hydrogen-bond acceptors (Lipinski definition) is 3. The van der Waals surface area contributed by atoms with E-state index in [0.29, 0.717) is 0 Å². The molecule has 0 fully saturated rings. The summed E-state index contributed by atoms with van der Waals surface area (Å²) >= 11 is 1.89. The van der Waals surface area contributed by atoms with E-state index in [9.17, 15) is 0 Å². The first-order valence-corrected chi connectivity index (χ1v) is 20.0. The van der Waals surface area contributed by atoms with Crippen molar-refractivity contribution in [2.24, 2.45) is 0 Å². The normalized spacial score (nSPS) is 13.5. The van der Waals surface area contributed by atoms with Crippen LogP contribution in [0.3, 0.4) is 0 Å². The number of fused-ring (bicyclic) bond motifs is 10. The van der Waals surface area contributed by atoms with Crippen molar-refractivity contribution in [1.29, 1.82) is 0 Å². The summed E-state index contributed by atoms with van der Waals surface area (Å²) in [5.41, 5.74) is 14.3. The first-order valence-electron chi connectivity index (χ1n) is 19.2. The Morgan fingerprint density at radius 1 is 0.411 bits per heavy atom. The van der Waals surface area contributed by atoms with Crippen LogP contribution < -0.4 is 4.90 Å². The Hall–Kier alpha value is -6.94. The quantitative estimate of drug-likeness (QED) is 0.175. The topological polar surface area (TPSA) is 16.4 Å². The van der Waals surface area contributed by atoms with Crippen molar-refractivity contribution >= 4 is 81.3 Å². The average molecular weight is 732 g/mol. The molecule has 1 atom stereocenters. The lowest BCUT2D eigenvalue weighted by Gasteiger charge is -2.25. The zero-order valence-corrected chi connectivity index (χ0v) is 31.1. The molecule has 262 valence electrons. The van der Waals surface area contributed by atoms with Gasteiger partial charge in [0.2, 0.25) is 0 Å². The molecule has 56 heavy (non-hydrogen) atoms. The Morgan fingerprint density at radius 2 is 1.09 bits per heavy atom. The second-order valence-electron chi connectivity index (χ2n) is 14.8. The molecule has 0 radical (unpaired) electrons. The van der Waals surface area contributed by atoms with Gasteiger partial charge in [-0.05, 0) is 123 Å². The summed E-state index contributed by atoms with van der Waals surface area (Å²) in [5.74, 6) is 0.133. The van der Waals surface area contributed by atoms with Crippen LogP contribution in [0.25, 0.3) is 75.1 Å². The molecule has 0 saturated heterocycles. The van der Waals surface area contributed by atoms with Crippen LogP contribution in [0.4, 0.5) is 17.1 Å². The average Bonchev–Trinajstić information content (AvgIpc) is 3.92. The summed E-state index contributed by atoms with van der Waals surface area (Å²) in [6.07, 6.45) is 0. The SMILES string of the molecule is c1ccc(N(c2ccc(-c3cc(C4c5ccccc5-c5cc6ccccc6cc54)cc4c3sc3ccccc34)cc2)c2ccc3c(c2)oc2ccccc23)cc1. The molecule has 0 aliphatic heterocycles. The fourth-order valence-electron chi connectivity index (χ4n) is 9.15. The summed E-state index contributed by atoms with van der Waals surface area (Å²) in [6.45, 7) is 0. The van der Waals surface area contributed by atoms with Crippen LogP contribution in [0, 0.1) is 0 Å². The third kappa shape index (κ3) is 4.81. The molecule has 0 spiro atoms. The first-order chi connectivity index (χ1) is 27.7. The van der Waals surface area contributed by atoms with Crippen LogP contribution >= 0.6 is 11.3 Å². The molecule has 0 saturated carbocycles. The monoisotopic (exact) mass is 731 g/mol. The van der Waals surface area contributed by atoms with Crippen molar-refractivity contribution in [3.8, 4) is 22.3 Å². The molecule has 9 aromatic carbocycles. The molecule has 11 aromatic rings. The minimum absolute atomic E-state index is 0.133. The van der Waals surface area contributed by atoms with E-state index in [0.717, 1.165) is 39.0 Å². The predicted molar refractivity (Wildman–Crippen MR) is 237 cm³/mol. The maximum atomic E-state index is 6.35. The van der Waals surface area contributed by atoms with E-state index in [1.54, 1.807) is 0 Å². The van der Waals surface area contributed by atoms with E-state index >= 15 is 0 Å². The van der Waals surface area contributed by atoms with E-state index in [2.05, 4.69) is 187 Å². The zero-order chi connectivity index (χ0) is 36.7. The van der Waals surface area contributed by atoms with E-state index < -0.39 is 0 Å². The smallest absolute Gasteiger partial charge is 0.137 e. The van der Waals surface area contributed by atoms with Crippen LogP contribution in [0.1, 0.15) is 22.6 Å². The second kappa shape index (κ2) is 12.3. The Morgan fingerprint density at radius 3 is 1.96 bits per heavy atom. The number of furan rings is 1. The lowest BCUT2D eigenvalue weighted by atomic mass is 9.86. The third-order valence-corrected chi connectivity index (χ3v) is 12.9. The van der Waals surface area contributed by atoms with Crippen molar-refractivity contribution in [1.82, 2.24) is 0 Å². The maximum absolute atomic E-state index is 6.35. The van der Waals surface area contributed by atoms with Crippen LogP contribution in [-0.2, 0) is 0 Å². The molecule has 0 N–H and O–H groups in total. The van der Waals surface area contributed by atoms with Gasteiger partial charge in [0.15, 0.2) is 0 Å². The number of nitrogens with zero attached hydrogens (tertiary/aromatic N) is 1. The Bertz CT molecular complexity index is 3320. The third-order valence-electron chi connectivity index (χ3n) is 11.7. The Balaban J connectivity index is 1.03. The molecule has 2 nitrogen and oxygen atoms in total. The Kier molecular flexibility index (Phi) is 6.89. The van der Waals surface area contributed by atoms with E-state index in [1.165, 1.54) is 69.9 Å².